The highest BCUT2D eigenvalue weighted by Crippen LogP contribution is 2.29. The maximum atomic E-state index is 12.7. The second kappa shape index (κ2) is 9.47. The van der Waals surface area contributed by atoms with Crippen LogP contribution in [0.5, 0.6) is 0 Å². The summed E-state index contributed by atoms with van der Waals surface area (Å²) in [4.78, 5) is 62.0. The van der Waals surface area contributed by atoms with Gasteiger partial charge in [-0.1, -0.05) is 12.1 Å². The van der Waals surface area contributed by atoms with Gasteiger partial charge in [-0.2, -0.15) is 0 Å². The standard InChI is InChI=1S/C22H28N4O6/c1-22(2,3)32-21(31)23-10-9-18(28)24-19(29)14-6-4-5-13-11-26(12-15(13)14)16-7-8-17(27)25-20(16)30/h4-6,16H,7-12H2,1-3H3,(H,23,31)(H,24,28,29)(H,25,27,30). The molecule has 1 unspecified atom stereocenters. The quantitative estimate of drug-likeness (QED) is 0.576. The van der Waals surface area contributed by atoms with Gasteiger partial charge in [-0.25, -0.2) is 4.79 Å². The van der Waals surface area contributed by atoms with Crippen molar-refractivity contribution < 1.29 is 28.7 Å². The van der Waals surface area contributed by atoms with Crippen molar-refractivity contribution in [3.05, 3.63) is 34.9 Å². The van der Waals surface area contributed by atoms with Crippen molar-refractivity contribution in [3.8, 4) is 0 Å². The first kappa shape index (κ1) is 23.4. The Hall–Kier alpha value is -3.27. The fraction of sp³-hybridized carbons (Fsp3) is 0.500. The molecule has 3 N–H and O–H groups in total. The number of hydrogen-bond donors (Lipinski definition) is 3. The van der Waals surface area contributed by atoms with Gasteiger partial charge in [-0.15, -0.1) is 0 Å². The zero-order valence-corrected chi connectivity index (χ0v) is 18.4. The molecule has 0 aromatic heterocycles. The Kier molecular flexibility index (Phi) is 6.93. The maximum absolute atomic E-state index is 12.7. The van der Waals surface area contributed by atoms with E-state index in [0.29, 0.717) is 25.1 Å². The Balaban J connectivity index is 1.55. The number of alkyl carbamates (subject to hydrolysis) is 1. The third kappa shape index (κ3) is 5.91. The minimum absolute atomic E-state index is 0.0320. The number of hydrogen-bond acceptors (Lipinski definition) is 7. The van der Waals surface area contributed by atoms with Gasteiger partial charge in [0.2, 0.25) is 17.7 Å². The van der Waals surface area contributed by atoms with Crippen molar-refractivity contribution in [2.24, 2.45) is 0 Å². The van der Waals surface area contributed by atoms with E-state index in [9.17, 15) is 24.0 Å². The van der Waals surface area contributed by atoms with E-state index in [4.69, 9.17) is 4.74 Å². The number of piperidine rings is 1. The number of fused-ring (bicyclic) bond motifs is 1. The lowest BCUT2D eigenvalue weighted by Gasteiger charge is -2.29. The van der Waals surface area contributed by atoms with Crippen molar-refractivity contribution in [1.29, 1.82) is 0 Å². The molecule has 1 aromatic rings. The molecule has 5 amide bonds. The number of benzene rings is 1. The SMILES string of the molecule is CC(C)(C)OC(=O)NCCC(=O)NC(=O)c1cccc2c1CN(C1CCC(=O)NC1=O)C2. The van der Waals surface area contributed by atoms with E-state index < -0.39 is 29.6 Å². The maximum Gasteiger partial charge on any atom is 0.407 e. The van der Waals surface area contributed by atoms with E-state index in [-0.39, 0.29) is 31.2 Å². The Morgan fingerprint density at radius 1 is 1.19 bits per heavy atom. The Labute approximate surface area is 186 Å². The highest BCUT2D eigenvalue weighted by molar-refractivity contribution is 6.06. The molecule has 172 valence electrons. The summed E-state index contributed by atoms with van der Waals surface area (Å²) in [6.45, 7) is 6.09. The largest absolute Gasteiger partial charge is 0.444 e. The number of carbonyl (C=O) groups excluding carboxylic acids is 5. The molecule has 3 rings (SSSR count). The van der Waals surface area contributed by atoms with Gasteiger partial charge >= 0.3 is 6.09 Å². The van der Waals surface area contributed by atoms with Gasteiger partial charge in [0.25, 0.3) is 5.91 Å². The number of amides is 5. The van der Waals surface area contributed by atoms with Crippen LogP contribution in [0.1, 0.15) is 61.5 Å². The molecule has 1 fully saturated rings. The monoisotopic (exact) mass is 444 g/mol. The van der Waals surface area contributed by atoms with E-state index in [1.807, 2.05) is 11.0 Å². The molecule has 0 saturated carbocycles. The molecule has 10 heteroatoms. The van der Waals surface area contributed by atoms with Crippen molar-refractivity contribution >= 4 is 29.7 Å². The van der Waals surface area contributed by atoms with Crippen LogP contribution in [-0.2, 0) is 32.2 Å². The van der Waals surface area contributed by atoms with Crippen LogP contribution in [0.3, 0.4) is 0 Å². The molecule has 1 aromatic carbocycles. The number of carbonyl (C=O) groups is 5. The number of rotatable bonds is 5. The molecule has 0 aliphatic carbocycles. The predicted molar refractivity (Wildman–Crippen MR) is 113 cm³/mol. The van der Waals surface area contributed by atoms with Crippen LogP contribution in [0.25, 0.3) is 0 Å². The van der Waals surface area contributed by atoms with Gasteiger partial charge in [-0.05, 0) is 44.4 Å². The molecular weight excluding hydrogens is 416 g/mol. The zero-order chi connectivity index (χ0) is 23.5. The average molecular weight is 444 g/mol. The van der Waals surface area contributed by atoms with Gasteiger partial charge in [0.1, 0.15) is 5.60 Å². The fourth-order valence-corrected chi connectivity index (χ4v) is 3.76. The summed E-state index contributed by atoms with van der Waals surface area (Å²) in [7, 11) is 0. The van der Waals surface area contributed by atoms with Crippen LogP contribution in [0.15, 0.2) is 18.2 Å². The molecule has 0 spiro atoms. The van der Waals surface area contributed by atoms with Crippen LogP contribution < -0.4 is 16.0 Å². The highest BCUT2D eigenvalue weighted by atomic mass is 16.6. The fourth-order valence-electron chi connectivity index (χ4n) is 3.76. The Morgan fingerprint density at radius 3 is 2.62 bits per heavy atom. The highest BCUT2D eigenvalue weighted by Gasteiger charge is 2.36. The van der Waals surface area contributed by atoms with Crippen LogP contribution in [-0.4, -0.2) is 52.8 Å². The van der Waals surface area contributed by atoms with Crippen molar-refractivity contribution in [3.63, 3.8) is 0 Å². The van der Waals surface area contributed by atoms with E-state index >= 15 is 0 Å². The molecule has 0 bridgehead atoms. The molecule has 1 atom stereocenters. The van der Waals surface area contributed by atoms with Crippen LogP contribution >= 0.6 is 0 Å². The van der Waals surface area contributed by atoms with Gasteiger partial charge in [0.05, 0.1) is 6.04 Å². The summed E-state index contributed by atoms with van der Waals surface area (Å²) in [6, 6.07) is 4.81. The van der Waals surface area contributed by atoms with Crippen LogP contribution in [0.4, 0.5) is 4.79 Å². The number of imide groups is 2. The molecule has 1 saturated heterocycles. The summed E-state index contributed by atoms with van der Waals surface area (Å²) >= 11 is 0. The summed E-state index contributed by atoms with van der Waals surface area (Å²) in [5, 5.41) is 7.17. The third-order valence-electron chi connectivity index (χ3n) is 5.18. The molecular formula is C22H28N4O6. The predicted octanol–water partition coefficient (Wildman–Crippen LogP) is 0.979. The number of nitrogens with one attached hydrogen (secondary N) is 3. The Morgan fingerprint density at radius 2 is 1.94 bits per heavy atom. The van der Waals surface area contributed by atoms with Crippen LogP contribution in [0, 0.1) is 0 Å². The molecule has 10 nitrogen and oxygen atoms in total. The molecule has 2 aliphatic heterocycles. The molecule has 2 aliphatic rings. The first-order valence-corrected chi connectivity index (χ1v) is 10.5. The number of nitrogens with zero attached hydrogens (tertiary/aromatic N) is 1. The minimum Gasteiger partial charge on any atom is -0.444 e. The van der Waals surface area contributed by atoms with Crippen LogP contribution in [0.2, 0.25) is 0 Å². The average Bonchev–Trinajstić information content (AvgIpc) is 3.10. The normalized spacial score (nSPS) is 18.5. The molecule has 32 heavy (non-hydrogen) atoms. The van der Waals surface area contributed by atoms with E-state index in [1.54, 1.807) is 32.9 Å². The van der Waals surface area contributed by atoms with Gasteiger partial charge in [-0.3, -0.25) is 34.7 Å². The number of ether oxygens (including phenoxy) is 1. The van der Waals surface area contributed by atoms with E-state index in [2.05, 4.69) is 16.0 Å². The first-order valence-electron chi connectivity index (χ1n) is 10.5. The lowest BCUT2D eigenvalue weighted by molar-refractivity contribution is -0.137. The van der Waals surface area contributed by atoms with Crippen molar-refractivity contribution in [2.45, 2.75) is 64.8 Å². The van der Waals surface area contributed by atoms with Gasteiger partial charge < -0.3 is 10.1 Å². The summed E-state index contributed by atoms with van der Waals surface area (Å²) in [5.74, 6) is -1.66. The third-order valence-corrected chi connectivity index (χ3v) is 5.18. The Bertz CT molecular complexity index is 952. The molecule has 0 radical (unpaired) electrons. The second-order valence-electron chi connectivity index (χ2n) is 8.87. The zero-order valence-electron chi connectivity index (χ0n) is 18.4. The minimum atomic E-state index is -0.641. The summed E-state index contributed by atoms with van der Waals surface area (Å²) in [6.07, 6.45) is -0.000202. The van der Waals surface area contributed by atoms with Gasteiger partial charge in [0, 0.05) is 38.0 Å². The summed E-state index contributed by atoms with van der Waals surface area (Å²) in [5.41, 5.74) is 1.39. The molecule has 2 heterocycles. The van der Waals surface area contributed by atoms with Gasteiger partial charge in [0.15, 0.2) is 0 Å². The topological polar surface area (TPSA) is 134 Å². The van der Waals surface area contributed by atoms with Crippen molar-refractivity contribution in [1.82, 2.24) is 20.9 Å². The second-order valence-corrected chi connectivity index (χ2v) is 8.87. The van der Waals surface area contributed by atoms with E-state index in [1.165, 1.54) is 0 Å². The van der Waals surface area contributed by atoms with Crippen molar-refractivity contribution in [2.75, 3.05) is 6.54 Å². The summed E-state index contributed by atoms with van der Waals surface area (Å²) < 4.78 is 5.09. The lowest BCUT2D eigenvalue weighted by atomic mass is 10.0. The first-order chi connectivity index (χ1) is 15.0. The lowest BCUT2D eigenvalue weighted by Crippen LogP contribution is -2.50. The smallest absolute Gasteiger partial charge is 0.407 e. The van der Waals surface area contributed by atoms with E-state index in [0.717, 1.165) is 11.1 Å².